The number of nitrogens with zero attached hydrogens (tertiary/aromatic N) is 1. The van der Waals surface area contributed by atoms with Crippen molar-refractivity contribution >= 4 is 17.9 Å². The lowest BCUT2D eigenvalue weighted by Crippen LogP contribution is -2.33. The van der Waals surface area contributed by atoms with Gasteiger partial charge in [0.15, 0.2) is 0 Å². The van der Waals surface area contributed by atoms with Gasteiger partial charge in [0.05, 0.1) is 0 Å². The van der Waals surface area contributed by atoms with Crippen LogP contribution in [0.4, 0.5) is 0 Å². The first-order chi connectivity index (χ1) is 12.6. The van der Waals surface area contributed by atoms with Gasteiger partial charge in [-0.05, 0) is 29.8 Å². The Bertz CT molecular complexity index is 859. The van der Waals surface area contributed by atoms with Gasteiger partial charge in [-0.2, -0.15) is 0 Å². The standard InChI is InChI=1S/C20H19N2O3P/c23-22(24)16-20(17-10-4-1-5-11-17)21-26(25,18-12-6-2-7-13-18)19-14-8-3-9-15-19/h1-15,20H,16H2,(H,21,25)/t20-/m1/s1. The van der Waals surface area contributed by atoms with Crippen LogP contribution in [0.15, 0.2) is 91.0 Å². The molecule has 0 amide bonds. The lowest BCUT2D eigenvalue weighted by Gasteiger charge is -2.25. The summed E-state index contributed by atoms with van der Waals surface area (Å²) in [5.74, 6) is 0. The number of benzene rings is 3. The zero-order chi connectivity index (χ0) is 18.4. The summed E-state index contributed by atoms with van der Waals surface area (Å²) in [6.45, 7) is -0.354. The molecule has 0 radical (unpaired) electrons. The second-order valence-electron chi connectivity index (χ2n) is 5.89. The summed E-state index contributed by atoms with van der Waals surface area (Å²) < 4.78 is 14.0. The molecule has 0 unspecified atom stereocenters. The molecular weight excluding hydrogens is 347 g/mol. The molecule has 0 saturated heterocycles. The summed E-state index contributed by atoms with van der Waals surface area (Å²) in [4.78, 5) is 10.8. The Morgan fingerprint density at radius 3 is 1.65 bits per heavy atom. The van der Waals surface area contributed by atoms with E-state index in [9.17, 15) is 14.7 Å². The monoisotopic (exact) mass is 366 g/mol. The molecule has 1 N–H and O–H groups in total. The summed E-state index contributed by atoms with van der Waals surface area (Å²) in [5, 5.41) is 15.6. The number of rotatable bonds is 7. The van der Waals surface area contributed by atoms with Gasteiger partial charge in [-0.25, -0.2) is 5.09 Å². The van der Waals surface area contributed by atoms with E-state index in [2.05, 4.69) is 5.09 Å². The smallest absolute Gasteiger partial charge is 0.223 e. The van der Waals surface area contributed by atoms with Crippen LogP contribution in [-0.2, 0) is 4.57 Å². The molecule has 3 aromatic rings. The van der Waals surface area contributed by atoms with Crippen LogP contribution in [0, 0.1) is 10.1 Å². The first-order valence-electron chi connectivity index (χ1n) is 8.25. The molecule has 0 aliphatic rings. The Morgan fingerprint density at radius 1 is 0.808 bits per heavy atom. The zero-order valence-corrected chi connectivity index (χ0v) is 15.0. The third-order valence-corrected chi connectivity index (χ3v) is 6.84. The Morgan fingerprint density at radius 2 is 1.23 bits per heavy atom. The summed E-state index contributed by atoms with van der Waals surface area (Å²) in [6.07, 6.45) is 0. The van der Waals surface area contributed by atoms with E-state index < -0.39 is 13.3 Å². The maximum absolute atomic E-state index is 14.0. The third-order valence-electron chi connectivity index (χ3n) is 4.11. The van der Waals surface area contributed by atoms with Gasteiger partial charge >= 0.3 is 0 Å². The molecule has 0 heterocycles. The normalized spacial score (nSPS) is 12.5. The Balaban J connectivity index is 2.07. The molecule has 0 fully saturated rings. The maximum Gasteiger partial charge on any atom is 0.223 e. The fourth-order valence-electron chi connectivity index (χ4n) is 2.85. The second kappa shape index (κ2) is 8.09. The van der Waals surface area contributed by atoms with Crippen molar-refractivity contribution in [1.82, 2.24) is 5.09 Å². The predicted molar refractivity (Wildman–Crippen MR) is 104 cm³/mol. The van der Waals surface area contributed by atoms with Gasteiger partial charge in [-0.3, -0.25) is 14.7 Å². The van der Waals surface area contributed by atoms with E-state index >= 15 is 0 Å². The fourth-order valence-corrected chi connectivity index (χ4v) is 5.30. The molecule has 0 bridgehead atoms. The highest BCUT2D eigenvalue weighted by Gasteiger charge is 2.32. The molecule has 0 saturated carbocycles. The lowest BCUT2D eigenvalue weighted by molar-refractivity contribution is -0.483. The van der Waals surface area contributed by atoms with Crippen LogP contribution in [0.2, 0.25) is 0 Å². The molecule has 132 valence electrons. The van der Waals surface area contributed by atoms with Crippen molar-refractivity contribution in [3.05, 3.63) is 107 Å². The SMILES string of the molecule is O=[N+]([O-])C[C@@H](NP(=O)(c1ccccc1)c1ccccc1)c1ccccc1. The van der Waals surface area contributed by atoms with E-state index in [1.165, 1.54) is 0 Å². The number of hydrogen-bond donors (Lipinski definition) is 1. The molecule has 5 nitrogen and oxygen atoms in total. The summed E-state index contributed by atoms with van der Waals surface area (Å²) in [6, 6.07) is 26.6. The Kier molecular flexibility index (Phi) is 5.61. The van der Waals surface area contributed by atoms with Gasteiger partial charge in [-0.1, -0.05) is 66.7 Å². The van der Waals surface area contributed by atoms with Crippen molar-refractivity contribution in [1.29, 1.82) is 0 Å². The average Bonchev–Trinajstić information content (AvgIpc) is 2.69. The maximum atomic E-state index is 14.0. The quantitative estimate of drug-likeness (QED) is 0.394. The van der Waals surface area contributed by atoms with Gasteiger partial charge in [0, 0.05) is 15.5 Å². The number of hydrogen-bond acceptors (Lipinski definition) is 3. The third kappa shape index (κ3) is 4.07. The fraction of sp³-hybridized carbons (Fsp3) is 0.100. The summed E-state index contributed by atoms with van der Waals surface area (Å²) >= 11 is 0. The van der Waals surface area contributed by atoms with Crippen LogP contribution in [0.25, 0.3) is 0 Å². The predicted octanol–water partition coefficient (Wildman–Crippen LogP) is 3.52. The van der Waals surface area contributed by atoms with Crippen LogP contribution >= 0.6 is 7.29 Å². The first-order valence-corrected chi connectivity index (χ1v) is 9.96. The minimum Gasteiger partial charge on any atom is -0.296 e. The highest BCUT2D eigenvalue weighted by atomic mass is 31.2. The van der Waals surface area contributed by atoms with Gasteiger partial charge in [0.2, 0.25) is 13.8 Å². The minimum atomic E-state index is -3.26. The molecule has 0 spiro atoms. The van der Waals surface area contributed by atoms with Crippen LogP contribution in [0.3, 0.4) is 0 Å². The second-order valence-corrected chi connectivity index (χ2v) is 8.40. The minimum absolute atomic E-state index is 0.354. The van der Waals surface area contributed by atoms with E-state index in [-0.39, 0.29) is 11.5 Å². The van der Waals surface area contributed by atoms with E-state index in [4.69, 9.17) is 0 Å². The molecule has 6 heteroatoms. The van der Waals surface area contributed by atoms with Gasteiger partial charge in [0.1, 0.15) is 6.04 Å². The van der Waals surface area contributed by atoms with E-state index in [0.29, 0.717) is 10.6 Å². The van der Waals surface area contributed by atoms with Gasteiger partial charge in [0.25, 0.3) is 0 Å². The highest BCUT2D eigenvalue weighted by molar-refractivity contribution is 7.76. The van der Waals surface area contributed by atoms with Crippen LogP contribution in [0.5, 0.6) is 0 Å². The van der Waals surface area contributed by atoms with Crippen LogP contribution in [-0.4, -0.2) is 11.5 Å². The molecule has 1 atom stereocenters. The molecular formula is C20H19N2O3P. The van der Waals surface area contributed by atoms with E-state index in [1.54, 1.807) is 24.3 Å². The van der Waals surface area contributed by atoms with Crippen molar-refractivity contribution in [3.63, 3.8) is 0 Å². The first kappa shape index (κ1) is 18.1. The largest absolute Gasteiger partial charge is 0.296 e. The highest BCUT2D eigenvalue weighted by Crippen LogP contribution is 2.41. The van der Waals surface area contributed by atoms with Crippen molar-refractivity contribution in [2.45, 2.75) is 6.04 Å². The zero-order valence-electron chi connectivity index (χ0n) is 14.1. The molecule has 3 aromatic carbocycles. The molecule has 0 aliphatic heterocycles. The van der Waals surface area contributed by atoms with Crippen molar-refractivity contribution in [2.24, 2.45) is 0 Å². The van der Waals surface area contributed by atoms with E-state index in [0.717, 1.165) is 5.56 Å². The lowest BCUT2D eigenvalue weighted by atomic mass is 10.1. The van der Waals surface area contributed by atoms with Gasteiger partial charge < -0.3 is 0 Å². The van der Waals surface area contributed by atoms with Crippen molar-refractivity contribution in [3.8, 4) is 0 Å². The Hall–Kier alpha value is -2.75. The van der Waals surface area contributed by atoms with E-state index in [1.807, 2.05) is 66.7 Å². The number of nitrogens with one attached hydrogen (secondary N) is 1. The molecule has 0 aromatic heterocycles. The molecule has 26 heavy (non-hydrogen) atoms. The van der Waals surface area contributed by atoms with Crippen molar-refractivity contribution in [2.75, 3.05) is 6.54 Å². The Labute approximate surface area is 152 Å². The average molecular weight is 366 g/mol. The number of nitro groups is 1. The summed E-state index contributed by atoms with van der Waals surface area (Å²) in [5.41, 5.74) is 0.733. The van der Waals surface area contributed by atoms with Crippen LogP contribution < -0.4 is 15.7 Å². The molecule has 3 rings (SSSR count). The molecule has 0 aliphatic carbocycles. The van der Waals surface area contributed by atoms with Gasteiger partial charge in [-0.15, -0.1) is 0 Å². The van der Waals surface area contributed by atoms with Crippen LogP contribution in [0.1, 0.15) is 11.6 Å². The topological polar surface area (TPSA) is 72.2 Å². The van der Waals surface area contributed by atoms with Crippen molar-refractivity contribution < 1.29 is 9.49 Å². The summed E-state index contributed by atoms with van der Waals surface area (Å²) in [7, 11) is -3.26.